The molecule has 0 aliphatic carbocycles. The van der Waals surface area contributed by atoms with Crippen LogP contribution in [-0.2, 0) is 25.6 Å². The maximum atomic E-state index is 13.0. The number of benzene rings is 1. The van der Waals surface area contributed by atoms with Gasteiger partial charge in [0.05, 0.1) is 12.5 Å². The number of aliphatic carboxylic acids is 1. The molecule has 10 nitrogen and oxygen atoms in total. The molecule has 1 aliphatic heterocycles. The quantitative estimate of drug-likeness (QED) is 0.393. The Labute approximate surface area is 178 Å². The topological polar surface area (TPSA) is 166 Å². The molecule has 1 aliphatic rings. The van der Waals surface area contributed by atoms with Crippen LogP contribution in [0.15, 0.2) is 30.5 Å². The molecule has 10 heteroatoms. The van der Waals surface area contributed by atoms with E-state index in [4.69, 9.17) is 10.8 Å². The van der Waals surface area contributed by atoms with Crippen molar-refractivity contribution in [2.75, 3.05) is 6.54 Å². The highest BCUT2D eigenvalue weighted by atomic mass is 16.4. The van der Waals surface area contributed by atoms with Crippen molar-refractivity contribution in [3.63, 3.8) is 0 Å². The van der Waals surface area contributed by atoms with Crippen LogP contribution in [0, 0.1) is 0 Å². The van der Waals surface area contributed by atoms with Gasteiger partial charge in [-0.2, -0.15) is 0 Å². The van der Waals surface area contributed by atoms with Crippen molar-refractivity contribution in [3.05, 3.63) is 36.0 Å². The fourth-order valence-electron chi connectivity index (χ4n) is 3.62. The van der Waals surface area contributed by atoms with Gasteiger partial charge in [0.15, 0.2) is 0 Å². The number of H-pyrrole nitrogens is 1. The molecule has 2 aromatic rings. The standard InChI is InChI=1S/C21H27N5O5/c22-14-6-3-4-8-23-20(30)17(10-18(27)28)26-21(31)16(25-19(14)29)9-12-11-24-15-7-2-1-5-13(12)15/h1-2,5,7,11,14,16-17,24H,3-4,6,8-10,22H2,(H,23,30)(H,25,29)(H,26,31)(H,27,28)/t14-,16-,17-/m1/s1. The molecule has 0 unspecified atom stereocenters. The lowest BCUT2D eigenvalue weighted by atomic mass is 10.0. The van der Waals surface area contributed by atoms with Crippen LogP contribution in [0.4, 0.5) is 0 Å². The smallest absolute Gasteiger partial charge is 0.305 e. The summed E-state index contributed by atoms with van der Waals surface area (Å²) in [5, 5.41) is 17.9. The van der Waals surface area contributed by atoms with Crippen LogP contribution in [0.3, 0.4) is 0 Å². The summed E-state index contributed by atoms with van der Waals surface area (Å²) in [5.41, 5.74) is 7.66. The lowest BCUT2D eigenvalue weighted by Crippen LogP contribution is -2.56. The Kier molecular flexibility index (Phi) is 7.24. The number of carbonyl (C=O) groups excluding carboxylic acids is 3. The molecular formula is C21H27N5O5. The van der Waals surface area contributed by atoms with Gasteiger partial charge in [0, 0.05) is 30.1 Å². The van der Waals surface area contributed by atoms with E-state index >= 15 is 0 Å². The highest BCUT2D eigenvalue weighted by Crippen LogP contribution is 2.19. The predicted molar refractivity (Wildman–Crippen MR) is 113 cm³/mol. The van der Waals surface area contributed by atoms with E-state index < -0.39 is 48.2 Å². The molecule has 3 amide bonds. The minimum absolute atomic E-state index is 0.149. The van der Waals surface area contributed by atoms with Gasteiger partial charge < -0.3 is 31.8 Å². The molecule has 0 spiro atoms. The van der Waals surface area contributed by atoms with Crippen molar-refractivity contribution >= 4 is 34.6 Å². The molecule has 166 valence electrons. The molecule has 1 aromatic heterocycles. The van der Waals surface area contributed by atoms with Crippen LogP contribution < -0.4 is 21.7 Å². The van der Waals surface area contributed by atoms with E-state index in [9.17, 15) is 19.2 Å². The van der Waals surface area contributed by atoms with Crippen LogP contribution in [0.25, 0.3) is 10.9 Å². The van der Waals surface area contributed by atoms with Crippen molar-refractivity contribution in [1.29, 1.82) is 0 Å². The molecule has 3 atom stereocenters. The van der Waals surface area contributed by atoms with Gasteiger partial charge in [-0.05, 0) is 30.9 Å². The number of carboxylic acid groups (broad SMARTS) is 1. The summed E-state index contributed by atoms with van der Waals surface area (Å²) < 4.78 is 0. The van der Waals surface area contributed by atoms with E-state index in [1.807, 2.05) is 24.3 Å². The summed E-state index contributed by atoms with van der Waals surface area (Å²) in [6, 6.07) is 4.47. The number of para-hydroxylation sites is 1. The zero-order valence-electron chi connectivity index (χ0n) is 17.0. The van der Waals surface area contributed by atoms with Gasteiger partial charge >= 0.3 is 5.97 Å². The molecule has 0 saturated carbocycles. The van der Waals surface area contributed by atoms with Crippen molar-refractivity contribution in [2.45, 2.75) is 50.2 Å². The first-order valence-corrected chi connectivity index (χ1v) is 10.3. The molecular weight excluding hydrogens is 402 g/mol. The number of carbonyl (C=O) groups is 4. The lowest BCUT2D eigenvalue weighted by molar-refractivity contribution is -0.141. The fraction of sp³-hybridized carbons (Fsp3) is 0.429. The summed E-state index contributed by atoms with van der Waals surface area (Å²) in [7, 11) is 0. The second-order valence-electron chi connectivity index (χ2n) is 7.68. The van der Waals surface area contributed by atoms with E-state index in [0.717, 1.165) is 16.5 Å². The third-order valence-corrected chi connectivity index (χ3v) is 5.32. The molecule has 2 heterocycles. The highest BCUT2D eigenvalue weighted by molar-refractivity contribution is 5.95. The molecule has 0 bridgehead atoms. The Hall–Kier alpha value is -3.40. The lowest BCUT2D eigenvalue weighted by Gasteiger charge is -2.23. The number of hydrogen-bond acceptors (Lipinski definition) is 5. The second-order valence-corrected chi connectivity index (χ2v) is 7.68. The summed E-state index contributed by atoms with van der Waals surface area (Å²) in [6.07, 6.45) is 2.93. The molecule has 31 heavy (non-hydrogen) atoms. The molecule has 1 fully saturated rings. The maximum absolute atomic E-state index is 13.0. The van der Waals surface area contributed by atoms with Gasteiger partial charge in [-0.25, -0.2) is 0 Å². The number of carboxylic acids is 1. The first-order valence-electron chi connectivity index (χ1n) is 10.3. The van der Waals surface area contributed by atoms with E-state index in [-0.39, 0.29) is 6.42 Å². The van der Waals surface area contributed by atoms with Crippen LogP contribution >= 0.6 is 0 Å². The molecule has 0 radical (unpaired) electrons. The number of amides is 3. The summed E-state index contributed by atoms with van der Waals surface area (Å²) in [4.78, 5) is 52.4. The van der Waals surface area contributed by atoms with E-state index in [0.29, 0.717) is 25.8 Å². The van der Waals surface area contributed by atoms with E-state index in [1.165, 1.54) is 0 Å². The third-order valence-electron chi connectivity index (χ3n) is 5.32. The van der Waals surface area contributed by atoms with Crippen LogP contribution in [0.2, 0.25) is 0 Å². The largest absolute Gasteiger partial charge is 0.481 e. The van der Waals surface area contributed by atoms with Gasteiger partial charge in [0.2, 0.25) is 17.7 Å². The third kappa shape index (κ3) is 5.82. The second kappa shape index (κ2) is 10.1. The number of aromatic nitrogens is 1. The van der Waals surface area contributed by atoms with E-state index in [2.05, 4.69) is 20.9 Å². The fourth-order valence-corrected chi connectivity index (χ4v) is 3.62. The Morgan fingerprint density at radius 3 is 2.55 bits per heavy atom. The normalized spacial score (nSPS) is 23.6. The average molecular weight is 429 g/mol. The molecule has 1 saturated heterocycles. The Morgan fingerprint density at radius 1 is 1.03 bits per heavy atom. The van der Waals surface area contributed by atoms with Crippen molar-refractivity contribution in [1.82, 2.24) is 20.9 Å². The van der Waals surface area contributed by atoms with Gasteiger partial charge in [-0.1, -0.05) is 18.2 Å². The number of nitrogens with one attached hydrogen (secondary N) is 4. The zero-order chi connectivity index (χ0) is 22.4. The number of fused-ring (bicyclic) bond motifs is 1. The van der Waals surface area contributed by atoms with Crippen LogP contribution in [0.1, 0.15) is 31.2 Å². The Morgan fingerprint density at radius 2 is 1.77 bits per heavy atom. The minimum atomic E-state index is -1.25. The molecule has 1 aromatic carbocycles. The monoisotopic (exact) mass is 429 g/mol. The van der Waals surface area contributed by atoms with Gasteiger partial charge in [-0.3, -0.25) is 19.2 Å². The van der Waals surface area contributed by atoms with Gasteiger partial charge in [0.1, 0.15) is 12.1 Å². The summed E-state index contributed by atoms with van der Waals surface area (Å²) in [5.74, 6) is -2.90. The minimum Gasteiger partial charge on any atom is -0.481 e. The highest BCUT2D eigenvalue weighted by Gasteiger charge is 2.30. The number of rotatable bonds is 4. The van der Waals surface area contributed by atoms with Gasteiger partial charge in [-0.15, -0.1) is 0 Å². The first-order chi connectivity index (χ1) is 14.8. The number of aromatic amines is 1. The Balaban J connectivity index is 1.87. The van der Waals surface area contributed by atoms with Crippen molar-refractivity contribution in [2.24, 2.45) is 5.73 Å². The SMILES string of the molecule is N[C@@H]1CCCCNC(=O)[C@@H](CC(=O)O)NC(=O)[C@@H](Cc2c[nH]c3ccccc23)NC1=O. The van der Waals surface area contributed by atoms with Crippen molar-refractivity contribution < 1.29 is 24.3 Å². The van der Waals surface area contributed by atoms with Crippen LogP contribution in [0.5, 0.6) is 0 Å². The van der Waals surface area contributed by atoms with Crippen molar-refractivity contribution in [3.8, 4) is 0 Å². The van der Waals surface area contributed by atoms with Gasteiger partial charge in [0.25, 0.3) is 0 Å². The predicted octanol–water partition coefficient (Wildman–Crippen LogP) is -0.218. The summed E-state index contributed by atoms with van der Waals surface area (Å²) in [6.45, 7) is 0.304. The molecule has 7 N–H and O–H groups in total. The number of nitrogens with two attached hydrogens (primary N) is 1. The zero-order valence-corrected chi connectivity index (χ0v) is 17.0. The van der Waals surface area contributed by atoms with E-state index in [1.54, 1.807) is 6.20 Å². The first kappa shape index (κ1) is 22.3. The Bertz CT molecular complexity index is 972. The summed E-state index contributed by atoms with van der Waals surface area (Å²) >= 11 is 0. The maximum Gasteiger partial charge on any atom is 0.305 e. The number of hydrogen-bond donors (Lipinski definition) is 6. The average Bonchev–Trinajstić information content (AvgIpc) is 3.14. The van der Waals surface area contributed by atoms with Crippen LogP contribution in [-0.4, -0.2) is 58.5 Å². The molecule has 3 rings (SSSR count).